The van der Waals surface area contributed by atoms with Gasteiger partial charge in [0.1, 0.15) is 5.01 Å². The zero-order valence-electron chi connectivity index (χ0n) is 13.4. The van der Waals surface area contributed by atoms with Crippen molar-refractivity contribution < 1.29 is 4.79 Å². The van der Waals surface area contributed by atoms with Crippen LogP contribution in [0.2, 0.25) is 0 Å². The SMILES string of the molecule is CC(c1nc2ccccc2s1)N(C)C(=O)c1cccc2[nH]ncc12. The van der Waals surface area contributed by atoms with Crippen molar-refractivity contribution in [3.8, 4) is 0 Å². The molecule has 0 radical (unpaired) electrons. The van der Waals surface area contributed by atoms with Crippen molar-refractivity contribution >= 4 is 38.4 Å². The van der Waals surface area contributed by atoms with Crippen LogP contribution in [0.5, 0.6) is 0 Å². The van der Waals surface area contributed by atoms with Crippen LogP contribution in [0.4, 0.5) is 0 Å². The summed E-state index contributed by atoms with van der Waals surface area (Å²) in [6, 6.07) is 13.5. The first-order valence-electron chi connectivity index (χ1n) is 7.70. The predicted molar refractivity (Wildman–Crippen MR) is 96.2 cm³/mol. The number of hydrogen-bond acceptors (Lipinski definition) is 4. The second-order valence-electron chi connectivity index (χ2n) is 5.75. The van der Waals surface area contributed by atoms with E-state index in [0.717, 1.165) is 26.1 Å². The minimum Gasteiger partial charge on any atom is -0.332 e. The van der Waals surface area contributed by atoms with Crippen molar-refractivity contribution in [2.75, 3.05) is 7.05 Å². The highest BCUT2D eigenvalue weighted by atomic mass is 32.1. The summed E-state index contributed by atoms with van der Waals surface area (Å²) in [6.07, 6.45) is 1.69. The highest BCUT2D eigenvalue weighted by Gasteiger charge is 2.23. The number of thiazole rings is 1. The van der Waals surface area contributed by atoms with Crippen molar-refractivity contribution in [3.05, 3.63) is 59.2 Å². The molecule has 24 heavy (non-hydrogen) atoms. The molecule has 4 rings (SSSR count). The first kappa shape index (κ1) is 14.8. The van der Waals surface area contributed by atoms with Gasteiger partial charge in [-0.25, -0.2) is 4.98 Å². The summed E-state index contributed by atoms with van der Waals surface area (Å²) in [4.78, 5) is 19.4. The number of benzene rings is 2. The number of fused-ring (bicyclic) bond motifs is 2. The fourth-order valence-electron chi connectivity index (χ4n) is 2.75. The number of aromatic amines is 1. The third kappa shape index (κ3) is 2.35. The Morgan fingerprint density at radius 3 is 2.88 bits per heavy atom. The van der Waals surface area contributed by atoms with Crippen molar-refractivity contribution in [1.82, 2.24) is 20.1 Å². The number of nitrogens with one attached hydrogen (secondary N) is 1. The summed E-state index contributed by atoms with van der Waals surface area (Å²) in [7, 11) is 1.82. The van der Waals surface area contributed by atoms with Crippen LogP contribution in [0.15, 0.2) is 48.7 Å². The zero-order valence-corrected chi connectivity index (χ0v) is 14.2. The van der Waals surface area contributed by atoms with Gasteiger partial charge in [0.05, 0.1) is 33.5 Å². The third-order valence-electron chi connectivity index (χ3n) is 4.28. The Hall–Kier alpha value is -2.73. The summed E-state index contributed by atoms with van der Waals surface area (Å²) in [5.41, 5.74) is 2.49. The average molecular weight is 336 g/mol. The monoisotopic (exact) mass is 336 g/mol. The quantitative estimate of drug-likeness (QED) is 0.615. The summed E-state index contributed by atoms with van der Waals surface area (Å²) < 4.78 is 1.14. The molecule has 4 aromatic rings. The van der Waals surface area contributed by atoms with Crippen molar-refractivity contribution in [2.45, 2.75) is 13.0 Å². The molecule has 1 unspecified atom stereocenters. The largest absolute Gasteiger partial charge is 0.332 e. The number of amides is 1. The van der Waals surface area contributed by atoms with E-state index in [9.17, 15) is 4.79 Å². The minimum atomic E-state index is -0.0999. The van der Waals surface area contributed by atoms with E-state index >= 15 is 0 Å². The predicted octanol–water partition coefficient (Wildman–Crippen LogP) is 4.01. The maximum absolute atomic E-state index is 12.9. The van der Waals surface area contributed by atoms with Gasteiger partial charge < -0.3 is 4.90 Å². The summed E-state index contributed by atoms with van der Waals surface area (Å²) in [6.45, 7) is 2.01. The Labute approximate surface area is 142 Å². The molecule has 0 saturated heterocycles. The molecule has 2 aromatic carbocycles. The summed E-state index contributed by atoms with van der Waals surface area (Å²) in [5, 5.41) is 8.71. The van der Waals surface area contributed by atoms with E-state index in [4.69, 9.17) is 0 Å². The fraction of sp³-hybridized carbons (Fsp3) is 0.167. The molecule has 0 bridgehead atoms. The van der Waals surface area contributed by atoms with E-state index in [0.29, 0.717) is 5.56 Å². The van der Waals surface area contributed by atoms with E-state index in [-0.39, 0.29) is 11.9 Å². The van der Waals surface area contributed by atoms with Crippen molar-refractivity contribution in [2.24, 2.45) is 0 Å². The van der Waals surface area contributed by atoms with Gasteiger partial charge in [-0.15, -0.1) is 11.3 Å². The van der Waals surface area contributed by atoms with Crippen LogP contribution in [-0.2, 0) is 0 Å². The van der Waals surface area contributed by atoms with E-state index in [2.05, 4.69) is 21.2 Å². The van der Waals surface area contributed by atoms with Gasteiger partial charge in [0.25, 0.3) is 5.91 Å². The fourth-order valence-corrected chi connectivity index (χ4v) is 3.82. The lowest BCUT2D eigenvalue weighted by Crippen LogP contribution is -2.29. The van der Waals surface area contributed by atoms with E-state index in [1.807, 2.05) is 50.4 Å². The van der Waals surface area contributed by atoms with E-state index < -0.39 is 0 Å². The number of nitrogens with zero attached hydrogens (tertiary/aromatic N) is 3. The average Bonchev–Trinajstić information content (AvgIpc) is 3.25. The number of carbonyl (C=O) groups excluding carboxylic acids is 1. The zero-order chi connectivity index (χ0) is 16.7. The van der Waals surface area contributed by atoms with E-state index in [1.54, 1.807) is 22.4 Å². The van der Waals surface area contributed by atoms with Crippen LogP contribution < -0.4 is 0 Å². The molecular weight excluding hydrogens is 320 g/mol. The van der Waals surface area contributed by atoms with Gasteiger partial charge in [0.2, 0.25) is 0 Å². The molecule has 0 aliphatic heterocycles. The Balaban J connectivity index is 1.68. The number of carbonyl (C=O) groups is 1. The standard InChI is InChI=1S/C18H16N4OS/c1-11(17-20-15-7-3-4-9-16(15)24-17)22(2)18(23)12-6-5-8-14-13(12)10-19-21-14/h3-11H,1-2H3,(H,19,21). The molecule has 6 heteroatoms. The van der Waals surface area contributed by atoms with E-state index in [1.165, 1.54) is 0 Å². The van der Waals surface area contributed by atoms with Gasteiger partial charge in [-0.3, -0.25) is 9.89 Å². The summed E-state index contributed by atoms with van der Waals surface area (Å²) >= 11 is 1.63. The minimum absolute atomic E-state index is 0.0336. The lowest BCUT2D eigenvalue weighted by molar-refractivity contribution is 0.0744. The smallest absolute Gasteiger partial charge is 0.254 e. The number of aromatic nitrogens is 3. The highest BCUT2D eigenvalue weighted by molar-refractivity contribution is 7.18. The third-order valence-corrected chi connectivity index (χ3v) is 5.49. The molecule has 5 nitrogen and oxygen atoms in total. The van der Waals surface area contributed by atoms with Gasteiger partial charge >= 0.3 is 0 Å². The molecular formula is C18H16N4OS. The van der Waals surface area contributed by atoms with Crippen LogP contribution in [-0.4, -0.2) is 33.0 Å². The maximum atomic E-state index is 12.9. The lowest BCUT2D eigenvalue weighted by Gasteiger charge is -2.23. The van der Waals surface area contributed by atoms with Crippen molar-refractivity contribution in [3.63, 3.8) is 0 Å². The van der Waals surface area contributed by atoms with Crippen LogP contribution in [0, 0.1) is 0 Å². The number of para-hydroxylation sites is 1. The van der Waals surface area contributed by atoms with Crippen LogP contribution in [0.25, 0.3) is 21.1 Å². The maximum Gasteiger partial charge on any atom is 0.254 e. The molecule has 1 atom stereocenters. The lowest BCUT2D eigenvalue weighted by atomic mass is 10.1. The van der Waals surface area contributed by atoms with Crippen LogP contribution in [0.3, 0.4) is 0 Å². The Kier molecular flexibility index (Phi) is 3.54. The number of hydrogen-bond donors (Lipinski definition) is 1. The molecule has 2 aromatic heterocycles. The van der Waals surface area contributed by atoms with Gasteiger partial charge in [-0.2, -0.15) is 5.10 Å². The first-order valence-corrected chi connectivity index (χ1v) is 8.51. The number of H-pyrrole nitrogens is 1. The molecule has 120 valence electrons. The number of rotatable bonds is 3. The topological polar surface area (TPSA) is 61.9 Å². The molecule has 0 aliphatic rings. The molecule has 0 spiro atoms. The molecule has 0 fully saturated rings. The second-order valence-corrected chi connectivity index (χ2v) is 6.81. The normalized spacial score (nSPS) is 12.6. The molecule has 0 saturated carbocycles. The Morgan fingerprint density at radius 2 is 2.04 bits per heavy atom. The van der Waals surface area contributed by atoms with Crippen molar-refractivity contribution in [1.29, 1.82) is 0 Å². The second kappa shape index (κ2) is 5.72. The Morgan fingerprint density at radius 1 is 1.21 bits per heavy atom. The Bertz CT molecular complexity index is 1000. The van der Waals surface area contributed by atoms with Gasteiger partial charge in [0, 0.05) is 12.4 Å². The van der Waals surface area contributed by atoms with Gasteiger partial charge in [0.15, 0.2) is 0 Å². The molecule has 1 N–H and O–H groups in total. The highest BCUT2D eigenvalue weighted by Crippen LogP contribution is 2.30. The van der Waals surface area contributed by atoms with Crippen LogP contribution in [0.1, 0.15) is 28.3 Å². The van der Waals surface area contributed by atoms with Gasteiger partial charge in [-0.05, 0) is 31.2 Å². The summed E-state index contributed by atoms with van der Waals surface area (Å²) in [5.74, 6) is -0.0336. The van der Waals surface area contributed by atoms with Gasteiger partial charge in [-0.1, -0.05) is 18.2 Å². The first-order chi connectivity index (χ1) is 11.6. The van der Waals surface area contributed by atoms with Crippen LogP contribution >= 0.6 is 11.3 Å². The molecule has 0 aliphatic carbocycles. The molecule has 2 heterocycles. The molecule has 1 amide bonds.